The zero-order valence-electron chi connectivity index (χ0n) is 42.7. The second-order valence-electron chi connectivity index (χ2n) is 18.9. The maximum absolute atomic E-state index is 12.3. The Bertz CT molecular complexity index is 2600. The Morgan fingerprint density at radius 1 is 0.446 bits per heavy atom. The Kier molecular flexibility index (Phi) is 22.4. The lowest BCUT2D eigenvalue weighted by atomic mass is 10.1. The van der Waals surface area contributed by atoms with E-state index in [9.17, 15) is 24.0 Å². The van der Waals surface area contributed by atoms with Crippen molar-refractivity contribution in [2.24, 2.45) is 0 Å². The average Bonchev–Trinajstić information content (AvgIpc) is 4.11. The normalized spacial score (nSPS) is 16.3. The molecule has 0 spiro atoms. The zero-order valence-corrected chi connectivity index (χ0v) is 43.4. The smallest absolute Gasteiger partial charge is 0.260 e. The van der Waals surface area contributed by atoms with Crippen molar-refractivity contribution >= 4 is 51.3 Å². The van der Waals surface area contributed by atoms with Crippen LogP contribution in [0.15, 0.2) is 128 Å². The number of amides is 3. The first-order chi connectivity index (χ1) is 36.2. The van der Waals surface area contributed by atoms with Crippen molar-refractivity contribution in [1.82, 2.24) is 25.3 Å². The molecule has 6 heterocycles. The first-order valence-corrected chi connectivity index (χ1v) is 27.1. The number of halogens is 1. The van der Waals surface area contributed by atoms with Crippen LogP contribution in [0.4, 0.5) is 0 Å². The van der Waals surface area contributed by atoms with E-state index in [1.165, 1.54) is 76.6 Å². The SMILES string of the molecule is C1CCCNCC1.O=C(CCl)N1CCCCCC1.O=C(COc1ccc(-c2cc(=O)c3ccccc3o2)cc1)N1CCCCCC1.O=C(COc1ccc(-c2cc(=O)c3ccccc3o2)cc1)N1CCCNCC1. The fraction of sp³-hybridized carbons (Fsp3) is 0.441. The van der Waals surface area contributed by atoms with E-state index in [4.69, 9.17) is 29.9 Å². The van der Waals surface area contributed by atoms with E-state index in [0.29, 0.717) is 51.5 Å². The van der Waals surface area contributed by atoms with Crippen molar-refractivity contribution in [2.45, 2.75) is 83.5 Å². The monoisotopic (exact) mass is 1030 g/mol. The quantitative estimate of drug-likeness (QED) is 0.133. The Hall–Kier alpha value is -6.48. The number of ether oxygens (including phenoxy) is 2. The Balaban J connectivity index is 0.000000163. The van der Waals surface area contributed by atoms with Crippen LogP contribution in [-0.4, -0.2) is 117 Å². The largest absolute Gasteiger partial charge is 0.484 e. The molecule has 0 bridgehead atoms. The molecule has 4 aliphatic rings. The number of hydrogen-bond donors (Lipinski definition) is 2. The van der Waals surface area contributed by atoms with Crippen LogP contribution in [0.1, 0.15) is 83.5 Å². The molecular formula is C59H72ClN5O9. The molecule has 0 unspecified atom stereocenters. The standard InChI is InChI=1S/C23H23NO4.C22H22N2O4.C8H14ClNO.C6H13N/c25-20-15-22(28-21-8-4-3-7-19(20)21)17-9-11-18(12-10-17)27-16-23(26)24-13-5-1-2-6-14-24;25-19-14-21(28-20-5-2-1-4-18(19)20)16-6-8-17(9-7-16)27-15-22(26)24-12-3-10-23-11-13-24;9-7-8(11)10-5-3-1-2-4-6-10;1-2-4-6-7-5-3-1/h3-4,7-12,15H,1-2,5-6,13-14,16H2;1-2,4-9,14,23H,3,10-13,15H2;1-7H2;7H,1-6H2. The summed E-state index contributed by atoms with van der Waals surface area (Å²) in [6.45, 7) is 9.25. The third-order valence-corrected chi connectivity index (χ3v) is 13.7. The molecule has 2 N–H and O–H groups in total. The molecule has 4 aliphatic heterocycles. The van der Waals surface area contributed by atoms with E-state index >= 15 is 0 Å². The lowest BCUT2D eigenvalue weighted by molar-refractivity contribution is -0.134. The maximum Gasteiger partial charge on any atom is 0.260 e. The number of carbonyl (C=O) groups is 3. The molecule has 4 fully saturated rings. The summed E-state index contributed by atoms with van der Waals surface area (Å²) in [5.41, 5.74) is 2.54. The third-order valence-electron chi connectivity index (χ3n) is 13.5. The molecule has 394 valence electrons. The topological polar surface area (TPSA) is 164 Å². The van der Waals surface area contributed by atoms with Crippen molar-refractivity contribution in [3.63, 3.8) is 0 Å². The number of fused-ring (bicyclic) bond motifs is 2. The molecule has 6 aromatic rings. The highest BCUT2D eigenvalue weighted by Crippen LogP contribution is 2.26. The number of para-hydroxylation sites is 2. The number of nitrogens with one attached hydrogen (secondary N) is 2. The van der Waals surface area contributed by atoms with Gasteiger partial charge in [-0.1, -0.05) is 62.8 Å². The van der Waals surface area contributed by atoms with E-state index < -0.39 is 0 Å². The lowest BCUT2D eigenvalue weighted by Gasteiger charge is -2.20. The van der Waals surface area contributed by atoms with Gasteiger partial charge in [0, 0.05) is 69.1 Å². The zero-order chi connectivity index (χ0) is 51.7. The molecule has 15 heteroatoms. The maximum atomic E-state index is 12.3. The van der Waals surface area contributed by atoms with Gasteiger partial charge in [0.2, 0.25) is 5.91 Å². The molecule has 0 aliphatic carbocycles. The van der Waals surface area contributed by atoms with E-state index in [2.05, 4.69) is 10.6 Å². The van der Waals surface area contributed by atoms with Crippen LogP contribution < -0.4 is 31.0 Å². The van der Waals surface area contributed by atoms with Crippen LogP contribution in [-0.2, 0) is 14.4 Å². The van der Waals surface area contributed by atoms with Crippen LogP contribution in [0.2, 0.25) is 0 Å². The Morgan fingerprint density at radius 3 is 1.28 bits per heavy atom. The van der Waals surface area contributed by atoms with Crippen molar-refractivity contribution in [3.8, 4) is 34.1 Å². The fourth-order valence-corrected chi connectivity index (χ4v) is 9.36. The number of carbonyl (C=O) groups excluding carboxylic acids is 3. The van der Waals surface area contributed by atoms with Crippen LogP contribution in [0.3, 0.4) is 0 Å². The van der Waals surface area contributed by atoms with Crippen LogP contribution >= 0.6 is 11.6 Å². The average molecular weight is 1030 g/mol. The summed E-state index contributed by atoms with van der Waals surface area (Å²) in [4.78, 5) is 65.9. The van der Waals surface area contributed by atoms with Crippen LogP contribution in [0.25, 0.3) is 44.6 Å². The molecule has 4 aromatic carbocycles. The number of hydrogen-bond acceptors (Lipinski definition) is 11. The summed E-state index contributed by atoms with van der Waals surface area (Å²) in [5, 5.41) is 7.76. The molecule has 3 amide bonds. The molecule has 74 heavy (non-hydrogen) atoms. The molecule has 10 rings (SSSR count). The number of alkyl halides is 1. The molecule has 0 radical (unpaired) electrons. The minimum atomic E-state index is -0.0743. The van der Waals surface area contributed by atoms with Gasteiger partial charge in [0.15, 0.2) is 24.1 Å². The number of likely N-dealkylation sites (tertiary alicyclic amines) is 2. The number of nitrogens with zero attached hydrogens (tertiary/aromatic N) is 3. The van der Waals surface area contributed by atoms with Crippen LogP contribution in [0.5, 0.6) is 11.5 Å². The molecule has 4 saturated heterocycles. The minimum Gasteiger partial charge on any atom is -0.484 e. The van der Waals surface area contributed by atoms with Gasteiger partial charge >= 0.3 is 0 Å². The first-order valence-electron chi connectivity index (χ1n) is 26.6. The van der Waals surface area contributed by atoms with Crippen molar-refractivity contribution in [2.75, 3.05) is 84.5 Å². The Labute approximate surface area is 439 Å². The van der Waals surface area contributed by atoms with Gasteiger partial charge in [-0.05, 0) is 137 Å². The van der Waals surface area contributed by atoms with Crippen LogP contribution in [0, 0.1) is 0 Å². The van der Waals surface area contributed by atoms with E-state index in [1.54, 1.807) is 48.5 Å². The molecule has 14 nitrogen and oxygen atoms in total. The highest BCUT2D eigenvalue weighted by atomic mass is 35.5. The van der Waals surface area contributed by atoms with Gasteiger partial charge in [0.05, 0.1) is 10.8 Å². The summed E-state index contributed by atoms with van der Waals surface area (Å²) in [7, 11) is 0. The predicted octanol–water partition coefficient (Wildman–Crippen LogP) is 9.68. The number of rotatable bonds is 9. The summed E-state index contributed by atoms with van der Waals surface area (Å²) in [6.07, 6.45) is 15.9. The minimum absolute atomic E-state index is 0.00620. The van der Waals surface area contributed by atoms with Gasteiger partial charge in [-0.2, -0.15) is 0 Å². The van der Waals surface area contributed by atoms with E-state index in [0.717, 1.165) is 89.0 Å². The highest BCUT2D eigenvalue weighted by molar-refractivity contribution is 6.27. The lowest BCUT2D eigenvalue weighted by Crippen LogP contribution is -2.37. The van der Waals surface area contributed by atoms with Gasteiger partial charge in [0.25, 0.3) is 11.8 Å². The van der Waals surface area contributed by atoms with Gasteiger partial charge in [-0.15, -0.1) is 11.6 Å². The van der Waals surface area contributed by atoms with Gasteiger partial charge in [-0.3, -0.25) is 24.0 Å². The summed E-state index contributed by atoms with van der Waals surface area (Å²) in [5.74, 6) is 2.50. The fourth-order valence-electron chi connectivity index (χ4n) is 9.19. The summed E-state index contributed by atoms with van der Waals surface area (Å²) < 4.78 is 23.0. The van der Waals surface area contributed by atoms with Crippen molar-refractivity contribution in [3.05, 3.63) is 130 Å². The van der Waals surface area contributed by atoms with Crippen molar-refractivity contribution in [1.29, 1.82) is 0 Å². The second kappa shape index (κ2) is 30.0. The second-order valence-corrected chi connectivity index (χ2v) is 19.2. The van der Waals surface area contributed by atoms with Crippen molar-refractivity contribution < 1.29 is 32.7 Å². The predicted molar refractivity (Wildman–Crippen MR) is 293 cm³/mol. The first kappa shape index (κ1) is 55.3. The summed E-state index contributed by atoms with van der Waals surface area (Å²) >= 11 is 5.45. The van der Waals surface area contributed by atoms with Gasteiger partial charge < -0.3 is 43.6 Å². The number of benzene rings is 4. The molecule has 0 atom stereocenters. The van der Waals surface area contributed by atoms with E-state index in [-0.39, 0.29) is 47.7 Å². The Morgan fingerprint density at radius 2 is 0.824 bits per heavy atom. The molecular weight excluding hydrogens is 958 g/mol. The highest BCUT2D eigenvalue weighted by Gasteiger charge is 2.18. The van der Waals surface area contributed by atoms with Gasteiger partial charge in [-0.25, -0.2) is 0 Å². The summed E-state index contributed by atoms with van der Waals surface area (Å²) in [6, 6.07) is 31.8. The third kappa shape index (κ3) is 17.3. The molecule has 2 aromatic heterocycles. The van der Waals surface area contributed by atoms with E-state index in [1.807, 2.05) is 63.2 Å². The molecule has 0 saturated carbocycles. The van der Waals surface area contributed by atoms with Gasteiger partial charge in [0.1, 0.15) is 40.1 Å².